The monoisotopic (exact) mass is 366 g/mol. The third-order valence-electron chi connectivity index (χ3n) is 5.84. The standard InChI is InChI=1S/C26H22O2/c1-27-23-15-21-19-13-14-20(22(21)16-24(23)28-2)26(19)25(17-9-5-3-6-10-17)18-11-7-4-8-12-18/h3-16,19-20H,1-2H3. The molecule has 2 aliphatic rings. The van der Waals surface area contributed by atoms with Crippen LogP contribution in [-0.4, -0.2) is 14.2 Å². The lowest BCUT2D eigenvalue weighted by molar-refractivity contribution is 0.354. The van der Waals surface area contributed by atoms with Gasteiger partial charge < -0.3 is 9.47 Å². The van der Waals surface area contributed by atoms with Gasteiger partial charge in [-0.15, -0.1) is 0 Å². The highest BCUT2D eigenvalue weighted by Crippen LogP contribution is 2.57. The predicted octanol–water partition coefficient (Wildman–Crippen LogP) is 5.96. The van der Waals surface area contributed by atoms with Gasteiger partial charge in [-0.3, -0.25) is 0 Å². The van der Waals surface area contributed by atoms with Gasteiger partial charge in [-0.2, -0.15) is 0 Å². The number of rotatable bonds is 4. The van der Waals surface area contributed by atoms with E-state index >= 15 is 0 Å². The Morgan fingerprint density at radius 3 is 1.46 bits per heavy atom. The summed E-state index contributed by atoms with van der Waals surface area (Å²) in [7, 11) is 3.40. The number of benzene rings is 3. The van der Waals surface area contributed by atoms with Crippen LogP contribution in [0.15, 0.2) is 90.5 Å². The maximum atomic E-state index is 5.57. The molecule has 2 atom stereocenters. The maximum absolute atomic E-state index is 5.57. The summed E-state index contributed by atoms with van der Waals surface area (Å²) >= 11 is 0. The van der Waals surface area contributed by atoms with Crippen molar-refractivity contribution in [2.24, 2.45) is 0 Å². The molecule has 0 aromatic heterocycles. The molecule has 0 spiro atoms. The highest BCUT2D eigenvalue weighted by molar-refractivity contribution is 5.87. The van der Waals surface area contributed by atoms with Crippen molar-refractivity contribution in [2.75, 3.05) is 14.2 Å². The van der Waals surface area contributed by atoms with Crippen LogP contribution in [0.3, 0.4) is 0 Å². The minimum Gasteiger partial charge on any atom is -0.493 e. The minimum absolute atomic E-state index is 0.273. The zero-order valence-corrected chi connectivity index (χ0v) is 16.1. The molecular formula is C26H22O2. The summed E-state index contributed by atoms with van der Waals surface area (Å²) in [6.45, 7) is 0. The smallest absolute Gasteiger partial charge is 0.161 e. The highest BCUT2D eigenvalue weighted by atomic mass is 16.5. The van der Waals surface area contributed by atoms with Gasteiger partial charge in [0.1, 0.15) is 0 Å². The average molecular weight is 366 g/mol. The molecule has 5 rings (SSSR count). The lowest BCUT2D eigenvalue weighted by atomic mass is 9.87. The molecule has 0 heterocycles. The first kappa shape index (κ1) is 16.9. The van der Waals surface area contributed by atoms with E-state index in [2.05, 4.69) is 84.9 Å². The molecule has 0 saturated carbocycles. The van der Waals surface area contributed by atoms with Gasteiger partial charge in [0, 0.05) is 11.8 Å². The Morgan fingerprint density at radius 2 is 1.07 bits per heavy atom. The molecule has 0 saturated heterocycles. The first-order valence-electron chi connectivity index (χ1n) is 9.61. The van der Waals surface area contributed by atoms with Crippen molar-refractivity contribution < 1.29 is 9.47 Å². The van der Waals surface area contributed by atoms with Crippen molar-refractivity contribution in [3.63, 3.8) is 0 Å². The summed E-state index contributed by atoms with van der Waals surface area (Å²) in [6, 6.07) is 25.7. The Hall–Kier alpha value is -3.26. The Kier molecular flexibility index (Phi) is 4.05. The molecule has 2 heteroatoms. The number of hydrogen-bond donors (Lipinski definition) is 0. The predicted molar refractivity (Wildman–Crippen MR) is 113 cm³/mol. The Morgan fingerprint density at radius 1 is 0.643 bits per heavy atom. The maximum Gasteiger partial charge on any atom is 0.161 e. The average Bonchev–Trinajstić information content (AvgIpc) is 3.31. The van der Waals surface area contributed by atoms with Crippen molar-refractivity contribution in [1.29, 1.82) is 0 Å². The van der Waals surface area contributed by atoms with Crippen molar-refractivity contribution in [1.82, 2.24) is 0 Å². The van der Waals surface area contributed by atoms with E-state index in [-0.39, 0.29) is 11.8 Å². The van der Waals surface area contributed by atoms with E-state index in [1.165, 1.54) is 33.4 Å². The largest absolute Gasteiger partial charge is 0.493 e. The van der Waals surface area contributed by atoms with Crippen LogP contribution in [-0.2, 0) is 0 Å². The third-order valence-corrected chi connectivity index (χ3v) is 5.84. The zero-order chi connectivity index (χ0) is 19.1. The van der Waals surface area contributed by atoms with Gasteiger partial charge in [-0.05, 0) is 45.5 Å². The first-order chi connectivity index (χ1) is 13.8. The molecule has 3 aromatic carbocycles. The SMILES string of the molecule is COc1cc2c(cc1OC)C1C=CC2C1=C(c1ccccc1)c1ccccc1. The lowest BCUT2D eigenvalue weighted by Gasteiger charge is -2.17. The second-order valence-corrected chi connectivity index (χ2v) is 7.24. The van der Waals surface area contributed by atoms with E-state index in [1.807, 2.05) is 0 Å². The molecule has 0 amide bonds. The molecule has 28 heavy (non-hydrogen) atoms. The molecule has 0 radical (unpaired) electrons. The van der Waals surface area contributed by atoms with Crippen LogP contribution in [0.1, 0.15) is 34.1 Å². The second kappa shape index (κ2) is 6.72. The Balaban J connectivity index is 1.76. The minimum atomic E-state index is 0.273. The van der Waals surface area contributed by atoms with Gasteiger partial charge in [0.2, 0.25) is 0 Å². The number of allylic oxidation sites excluding steroid dienone is 3. The van der Waals surface area contributed by atoms with Crippen molar-refractivity contribution in [2.45, 2.75) is 11.8 Å². The molecule has 138 valence electrons. The van der Waals surface area contributed by atoms with Crippen LogP contribution >= 0.6 is 0 Å². The van der Waals surface area contributed by atoms with Gasteiger partial charge in [-0.25, -0.2) is 0 Å². The summed E-state index contributed by atoms with van der Waals surface area (Å²) in [4.78, 5) is 0. The van der Waals surface area contributed by atoms with E-state index in [1.54, 1.807) is 14.2 Å². The van der Waals surface area contributed by atoms with E-state index in [9.17, 15) is 0 Å². The summed E-state index contributed by atoms with van der Waals surface area (Å²) < 4.78 is 11.1. The van der Waals surface area contributed by atoms with E-state index in [0.29, 0.717) is 0 Å². The summed E-state index contributed by atoms with van der Waals surface area (Å²) in [6.07, 6.45) is 4.67. The molecule has 3 aromatic rings. The number of fused-ring (bicyclic) bond motifs is 5. The van der Waals surface area contributed by atoms with Crippen LogP contribution < -0.4 is 9.47 Å². The normalized spacial score (nSPS) is 18.9. The van der Waals surface area contributed by atoms with E-state index in [4.69, 9.17) is 9.47 Å². The molecule has 2 nitrogen and oxygen atoms in total. The summed E-state index contributed by atoms with van der Waals surface area (Å²) in [5, 5.41) is 0. The van der Waals surface area contributed by atoms with Crippen LogP contribution in [0.5, 0.6) is 11.5 Å². The Bertz CT molecular complexity index is 994. The molecule has 0 fully saturated rings. The van der Waals surface area contributed by atoms with Crippen molar-refractivity contribution >= 4 is 5.57 Å². The van der Waals surface area contributed by atoms with Gasteiger partial charge in [-0.1, -0.05) is 72.8 Å². The van der Waals surface area contributed by atoms with Crippen LogP contribution in [0.4, 0.5) is 0 Å². The van der Waals surface area contributed by atoms with E-state index in [0.717, 1.165) is 11.5 Å². The number of methoxy groups -OCH3 is 2. The summed E-state index contributed by atoms with van der Waals surface area (Å²) in [5.41, 5.74) is 7.94. The summed E-state index contributed by atoms with van der Waals surface area (Å²) in [5.74, 6) is 2.13. The van der Waals surface area contributed by atoms with Crippen LogP contribution in [0, 0.1) is 0 Å². The Labute approximate surface area is 165 Å². The topological polar surface area (TPSA) is 18.5 Å². The van der Waals surface area contributed by atoms with Gasteiger partial charge in [0.15, 0.2) is 11.5 Å². The van der Waals surface area contributed by atoms with Crippen LogP contribution in [0.2, 0.25) is 0 Å². The molecule has 0 aliphatic heterocycles. The highest BCUT2D eigenvalue weighted by Gasteiger charge is 2.40. The van der Waals surface area contributed by atoms with Crippen LogP contribution in [0.25, 0.3) is 5.57 Å². The van der Waals surface area contributed by atoms with Gasteiger partial charge >= 0.3 is 0 Å². The van der Waals surface area contributed by atoms with Gasteiger partial charge in [0.05, 0.1) is 14.2 Å². The fourth-order valence-corrected chi connectivity index (χ4v) is 4.64. The lowest BCUT2D eigenvalue weighted by Crippen LogP contribution is -1.98. The first-order valence-corrected chi connectivity index (χ1v) is 9.61. The fourth-order valence-electron chi connectivity index (χ4n) is 4.64. The van der Waals surface area contributed by atoms with Gasteiger partial charge in [0.25, 0.3) is 0 Å². The zero-order valence-electron chi connectivity index (χ0n) is 16.1. The molecule has 2 unspecified atom stereocenters. The van der Waals surface area contributed by atoms with Crippen molar-refractivity contribution in [3.8, 4) is 11.5 Å². The van der Waals surface area contributed by atoms with E-state index < -0.39 is 0 Å². The van der Waals surface area contributed by atoms with Crippen molar-refractivity contribution in [3.05, 3.63) is 113 Å². The third kappa shape index (κ3) is 2.49. The fraction of sp³-hybridized carbons (Fsp3) is 0.154. The number of hydrogen-bond acceptors (Lipinski definition) is 2. The molecule has 2 aliphatic carbocycles. The molecule has 0 N–H and O–H groups in total. The number of ether oxygens (including phenoxy) is 2. The quantitative estimate of drug-likeness (QED) is 0.531. The molecule has 2 bridgehead atoms. The molecular weight excluding hydrogens is 344 g/mol. The second-order valence-electron chi connectivity index (χ2n) is 7.24.